The fraction of sp³-hybridized carbons (Fsp3) is 0.333. The minimum Gasteiger partial charge on any atom is -0.391 e. The highest BCUT2D eigenvalue weighted by Crippen LogP contribution is 2.42. The average molecular weight is 413 g/mol. The van der Waals surface area contributed by atoms with E-state index in [1.807, 2.05) is 12.1 Å². The van der Waals surface area contributed by atoms with Gasteiger partial charge in [0.25, 0.3) is 0 Å². The lowest BCUT2D eigenvalue weighted by molar-refractivity contribution is 0.0217. The van der Waals surface area contributed by atoms with E-state index in [1.165, 1.54) is 28.1 Å². The van der Waals surface area contributed by atoms with E-state index in [2.05, 4.69) is 37.3 Å². The summed E-state index contributed by atoms with van der Waals surface area (Å²) in [7, 11) is 0. The van der Waals surface area contributed by atoms with Crippen molar-refractivity contribution >= 4 is 11.3 Å². The van der Waals surface area contributed by atoms with Crippen LogP contribution in [0.15, 0.2) is 54.6 Å². The van der Waals surface area contributed by atoms with Crippen molar-refractivity contribution in [1.82, 2.24) is 0 Å². The fourth-order valence-electron chi connectivity index (χ4n) is 3.54. The first-order chi connectivity index (χ1) is 13.9. The molecule has 0 amide bonds. The van der Waals surface area contributed by atoms with Gasteiger partial charge in [-0.25, -0.2) is 4.39 Å². The van der Waals surface area contributed by atoms with Gasteiger partial charge in [-0.2, -0.15) is 0 Å². The van der Waals surface area contributed by atoms with Crippen molar-refractivity contribution in [2.24, 2.45) is 0 Å². The molecule has 4 rings (SSSR count). The number of halogens is 1. The molecule has 5 heteroatoms. The molecule has 1 aliphatic rings. The largest absolute Gasteiger partial charge is 0.391 e. The first kappa shape index (κ1) is 20.2. The molecule has 3 aromatic rings. The van der Waals surface area contributed by atoms with Crippen molar-refractivity contribution in [2.45, 2.75) is 51.1 Å². The summed E-state index contributed by atoms with van der Waals surface area (Å²) >= 11 is 1.72. The Hall–Kier alpha value is -2.05. The number of hydrogen-bond donors (Lipinski definition) is 2. The SMILES string of the molecule is Cc1ccc(C2OC2CC(O)C(C)O)cc1Cc1ccc(-c2ccc(F)cc2)s1. The second kappa shape index (κ2) is 8.36. The van der Waals surface area contributed by atoms with Crippen LogP contribution in [-0.4, -0.2) is 28.5 Å². The van der Waals surface area contributed by atoms with E-state index < -0.39 is 12.2 Å². The average Bonchev–Trinajstić information content (AvgIpc) is 3.30. The van der Waals surface area contributed by atoms with Crippen LogP contribution < -0.4 is 0 Å². The summed E-state index contributed by atoms with van der Waals surface area (Å²) < 4.78 is 18.9. The number of hydrogen-bond acceptors (Lipinski definition) is 4. The normalized spacial score (nSPS) is 20.4. The van der Waals surface area contributed by atoms with Gasteiger partial charge in [0.2, 0.25) is 0 Å². The highest BCUT2D eigenvalue weighted by molar-refractivity contribution is 7.15. The van der Waals surface area contributed by atoms with E-state index in [4.69, 9.17) is 4.74 Å². The van der Waals surface area contributed by atoms with Crippen LogP contribution in [0.1, 0.15) is 41.0 Å². The zero-order valence-corrected chi connectivity index (χ0v) is 17.3. The van der Waals surface area contributed by atoms with E-state index in [1.54, 1.807) is 18.3 Å². The van der Waals surface area contributed by atoms with Crippen molar-refractivity contribution in [2.75, 3.05) is 0 Å². The summed E-state index contributed by atoms with van der Waals surface area (Å²) in [5, 5.41) is 19.3. The van der Waals surface area contributed by atoms with Gasteiger partial charge in [0.05, 0.1) is 18.3 Å². The van der Waals surface area contributed by atoms with Gasteiger partial charge in [0.1, 0.15) is 11.9 Å². The van der Waals surface area contributed by atoms with Crippen molar-refractivity contribution < 1.29 is 19.3 Å². The van der Waals surface area contributed by atoms with Crippen LogP contribution in [0, 0.1) is 12.7 Å². The maximum atomic E-state index is 13.2. The van der Waals surface area contributed by atoms with Crippen LogP contribution in [0.25, 0.3) is 10.4 Å². The standard InChI is InChI=1S/C24H25FO3S/c1-14-3-4-17(24-22(28-24)13-21(27)15(2)26)11-18(14)12-20-9-10-23(29-20)16-5-7-19(25)8-6-16/h3-11,15,21-22,24,26-27H,12-13H2,1-2H3. The minimum absolute atomic E-state index is 0.0131. The molecule has 2 heterocycles. The third kappa shape index (κ3) is 4.75. The second-order valence-corrected chi connectivity index (χ2v) is 8.94. The van der Waals surface area contributed by atoms with Gasteiger partial charge in [-0.3, -0.25) is 0 Å². The van der Waals surface area contributed by atoms with Crippen molar-refractivity contribution in [3.05, 3.63) is 82.0 Å². The van der Waals surface area contributed by atoms with Gasteiger partial charge in [-0.1, -0.05) is 30.3 Å². The molecule has 0 aliphatic carbocycles. The maximum Gasteiger partial charge on any atom is 0.123 e. The van der Waals surface area contributed by atoms with Crippen LogP contribution in [0.5, 0.6) is 0 Å². The molecular weight excluding hydrogens is 387 g/mol. The summed E-state index contributed by atoms with van der Waals surface area (Å²) in [6.07, 6.45) is -0.284. The molecule has 152 valence electrons. The molecule has 1 saturated heterocycles. The lowest BCUT2D eigenvalue weighted by atomic mass is 9.98. The van der Waals surface area contributed by atoms with E-state index in [9.17, 15) is 14.6 Å². The Morgan fingerprint density at radius 1 is 1.07 bits per heavy atom. The molecule has 3 nitrogen and oxygen atoms in total. The number of aliphatic hydroxyl groups is 2. The molecule has 0 spiro atoms. The molecule has 0 bridgehead atoms. The molecule has 2 N–H and O–H groups in total. The number of aryl methyl sites for hydroxylation is 1. The number of aliphatic hydroxyl groups excluding tert-OH is 2. The second-order valence-electron chi connectivity index (χ2n) is 7.77. The molecule has 4 unspecified atom stereocenters. The minimum atomic E-state index is -0.758. The molecule has 4 atom stereocenters. The van der Waals surface area contributed by atoms with Crippen molar-refractivity contribution in [3.8, 4) is 10.4 Å². The molecular formula is C24H25FO3S. The Morgan fingerprint density at radius 2 is 1.83 bits per heavy atom. The van der Waals surface area contributed by atoms with Gasteiger partial charge in [-0.05, 0) is 60.4 Å². The maximum absolute atomic E-state index is 13.2. The Bertz CT molecular complexity index is 980. The Labute approximate surface area is 174 Å². The number of epoxide rings is 1. The van der Waals surface area contributed by atoms with Gasteiger partial charge in [0, 0.05) is 22.6 Å². The first-order valence-electron chi connectivity index (χ1n) is 9.86. The third-order valence-electron chi connectivity index (χ3n) is 5.47. The van der Waals surface area contributed by atoms with Gasteiger partial charge < -0.3 is 14.9 Å². The quantitative estimate of drug-likeness (QED) is 0.536. The summed E-state index contributed by atoms with van der Waals surface area (Å²) in [5.41, 5.74) is 4.62. The van der Waals surface area contributed by atoms with Crippen LogP contribution in [0.2, 0.25) is 0 Å². The fourth-order valence-corrected chi connectivity index (χ4v) is 4.58. The van der Waals surface area contributed by atoms with Gasteiger partial charge in [0.15, 0.2) is 0 Å². The zero-order valence-electron chi connectivity index (χ0n) is 16.5. The predicted octanol–water partition coefficient (Wildman–Crippen LogP) is 5.03. The highest BCUT2D eigenvalue weighted by Gasteiger charge is 2.42. The number of thiophene rings is 1. The van der Waals surface area contributed by atoms with E-state index in [0.717, 1.165) is 22.4 Å². The van der Waals surface area contributed by atoms with Crippen molar-refractivity contribution in [3.63, 3.8) is 0 Å². The first-order valence-corrected chi connectivity index (χ1v) is 10.7. The molecule has 1 aromatic heterocycles. The number of ether oxygens (including phenoxy) is 1. The smallest absolute Gasteiger partial charge is 0.123 e. The highest BCUT2D eigenvalue weighted by atomic mass is 32.1. The van der Waals surface area contributed by atoms with E-state index in [-0.39, 0.29) is 18.0 Å². The zero-order chi connectivity index (χ0) is 20.5. The predicted molar refractivity (Wildman–Crippen MR) is 114 cm³/mol. The van der Waals surface area contributed by atoms with Crippen molar-refractivity contribution in [1.29, 1.82) is 0 Å². The van der Waals surface area contributed by atoms with Crippen LogP contribution >= 0.6 is 11.3 Å². The summed E-state index contributed by atoms with van der Waals surface area (Å²) in [6, 6.07) is 17.2. The molecule has 1 aliphatic heterocycles. The Morgan fingerprint density at radius 3 is 2.55 bits per heavy atom. The molecule has 1 fully saturated rings. The Kier molecular flexibility index (Phi) is 5.83. The lowest BCUT2D eigenvalue weighted by Crippen LogP contribution is -2.24. The summed E-state index contributed by atoms with van der Waals surface area (Å²) in [4.78, 5) is 2.38. The summed E-state index contributed by atoms with van der Waals surface area (Å²) in [6.45, 7) is 3.70. The number of rotatable bonds is 7. The van der Waals surface area contributed by atoms with Crippen LogP contribution in [0.3, 0.4) is 0 Å². The topological polar surface area (TPSA) is 53.0 Å². The monoisotopic (exact) mass is 412 g/mol. The Balaban J connectivity index is 1.46. The molecule has 0 radical (unpaired) electrons. The third-order valence-corrected chi connectivity index (χ3v) is 6.60. The van der Waals surface area contributed by atoms with E-state index >= 15 is 0 Å². The summed E-state index contributed by atoms with van der Waals surface area (Å²) in [5.74, 6) is -0.223. The van der Waals surface area contributed by atoms with Gasteiger partial charge in [-0.15, -0.1) is 11.3 Å². The van der Waals surface area contributed by atoms with Crippen LogP contribution in [0.4, 0.5) is 4.39 Å². The lowest BCUT2D eigenvalue weighted by Gasteiger charge is -2.11. The van der Waals surface area contributed by atoms with Crippen LogP contribution in [-0.2, 0) is 11.2 Å². The molecule has 2 aromatic carbocycles. The molecule has 29 heavy (non-hydrogen) atoms. The van der Waals surface area contributed by atoms with E-state index in [0.29, 0.717) is 6.42 Å². The molecule has 0 saturated carbocycles. The van der Waals surface area contributed by atoms with Gasteiger partial charge >= 0.3 is 0 Å². The number of benzene rings is 2.